The zero-order chi connectivity index (χ0) is 65.4. The molecule has 2 rings (SSSR count). The Morgan fingerprint density at radius 3 is 1.46 bits per heavy atom. The van der Waals surface area contributed by atoms with Gasteiger partial charge in [0.15, 0.2) is 12.6 Å². The third-order valence-electron chi connectivity index (χ3n) is 17.0. The van der Waals surface area contributed by atoms with Gasteiger partial charge in [-0.15, -0.1) is 0 Å². The van der Waals surface area contributed by atoms with Gasteiger partial charge in [0, 0.05) is 33.9 Å². The number of amides is 2. The van der Waals surface area contributed by atoms with Crippen LogP contribution >= 0.6 is 15.6 Å². The zero-order valence-electron chi connectivity index (χ0n) is 56.1. The van der Waals surface area contributed by atoms with Crippen LogP contribution in [0.4, 0.5) is 0 Å². The molecule has 0 bridgehead atoms. The molecule has 23 heteroatoms. The Bertz CT molecular complexity index is 1850. The molecule has 0 aromatic carbocycles. The van der Waals surface area contributed by atoms with Gasteiger partial charge in [-0.05, 0) is 57.8 Å². The Morgan fingerprint density at radius 1 is 0.483 bits per heavy atom. The van der Waals surface area contributed by atoms with Crippen LogP contribution in [0.15, 0.2) is 12.2 Å². The Morgan fingerprint density at radius 2 is 0.933 bits per heavy atom. The van der Waals surface area contributed by atoms with E-state index in [-0.39, 0.29) is 39.1 Å². The lowest BCUT2D eigenvalue weighted by Crippen LogP contribution is -2.67. The second kappa shape index (κ2) is 52.8. The number of unbranched alkanes of at least 4 members (excludes halogenated alkanes) is 30. The van der Waals surface area contributed by atoms with Crippen molar-refractivity contribution in [2.45, 2.75) is 358 Å². The summed E-state index contributed by atoms with van der Waals surface area (Å²) in [5, 5.41) is 29.1. The molecule has 0 aromatic rings. The highest BCUT2D eigenvalue weighted by Gasteiger charge is 2.53. The summed E-state index contributed by atoms with van der Waals surface area (Å²) in [6, 6.07) is -2.77. The van der Waals surface area contributed by atoms with E-state index in [9.17, 15) is 48.5 Å². The first-order chi connectivity index (χ1) is 42.9. The van der Waals surface area contributed by atoms with Gasteiger partial charge in [0.05, 0.1) is 31.8 Å². The van der Waals surface area contributed by atoms with Crippen LogP contribution in [-0.4, -0.2) is 156 Å². The molecule has 0 saturated carbocycles. The largest absolute Gasteiger partial charge is 0.472 e. The summed E-state index contributed by atoms with van der Waals surface area (Å²) in [5.74, 6) is -0.975. The highest BCUT2D eigenvalue weighted by molar-refractivity contribution is 7.46. The van der Waals surface area contributed by atoms with Crippen LogP contribution < -0.4 is 10.6 Å². The highest BCUT2D eigenvalue weighted by Crippen LogP contribution is 2.44. The monoisotopic (exact) mass is 1310 g/mol. The number of phosphoric acid groups is 2. The summed E-state index contributed by atoms with van der Waals surface area (Å²) in [7, 11) is -7.75. The number of hydrogen-bond donors (Lipinski definition) is 8. The van der Waals surface area contributed by atoms with Gasteiger partial charge < -0.3 is 73.6 Å². The minimum atomic E-state index is -5.36. The molecule has 0 aromatic heterocycles. The van der Waals surface area contributed by atoms with Crippen LogP contribution in [0, 0.1) is 0 Å². The highest BCUT2D eigenvalue weighted by atomic mass is 31.2. The number of nitrogens with one attached hydrogen (secondary N) is 2. The van der Waals surface area contributed by atoms with Crippen LogP contribution in [0.5, 0.6) is 0 Å². The predicted molar refractivity (Wildman–Crippen MR) is 348 cm³/mol. The molecular formula is C66H128N2O19P2. The summed E-state index contributed by atoms with van der Waals surface area (Å²) in [6.45, 7) is 7.83. The molecule has 12 atom stereocenters. The first-order valence-electron chi connectivity index (χ1n) is 35.2. The average Bonchev–Trinajstić information content (AvgIpc) is 2.77. The number of carbonyl (C=O) groups excluding carboxylic acids is 2. The van der Waals surface area contributed by atoms with E-state index in [1.165, 1.54) is 78.4 Å². The van der Waals surface area contributed by atoms with Crippen molar-refractivity contribution >= 4 is 27.5 Å². The van der Waals surface area contributed by atoms with Crippen LogP contribution in [0.1, 0.15) is 285 Å². The van der Waals surface area contributed by atoms with Crippen LogP contribution in [0.3, 0.4) is 0 Å². The molecule has 89 heavy (non-hydrogen) atoms. The predicted octanol–water partition coefficient (Wildman–Crippen LogP) is 13.4. The van der Waals surface area contributed by atoms with Gasteiger partial charge in [-0.1, -0.05) is 226 Å². The van der Waals surface area contributed by atoms with E-state index in [2.05, 4.69) is 50.5 Å². The van der Waals surface area contributed by atoms with E-state index in [0.717, 1.165) is 148 Å². The van der Waals surface area contributed by atoms with Gasteiger partial charge in [-0.25, -0.2) is 9.13 Å². The fraction of sp³-hybridized carbons (Fsp3) is 0.939. The fourth-order valence-electron chi connectivity index (χ4n) is 11.8. The molecule has 2 fully saturated rings. The van der Waals surface area contributed by atoms with Gasteiger partial charge >= 0.3 is 15.6 Å². The summed E-state index contributed by atoms with van der Waals surface area (Å²) >= 11 is 0. The van der Waals surface area contributed by atoms with Gasteiger partial charge in [0.1, 0.15) is 48.7 Å². The first-order valence-corrected chi connectivity index (χ1v) is 38.2. The molecule has 0 aliphatic carbocycles. The SMILES string of the molecule is CCCCCCC=CCCCCCCCCCC(=O)N[C@H]1[C@H](OC[C@H]2O[C@H](OP(=O)(O)O)[C@H](NC(=O)CC(CCCCCCCCCCC)OC)[C@@H](OCCCCCCCCCC)[C@@H]2O)O[C@H](COC)[C@@H](OP(=O)(O)O)[C@@H]1OCCC(O)CCCCCCC. The molecule has 2 heterocycles. The number of hydrogen-bond acceptors (Lipinski definition) is 15. The van der Waals surface area contributed by atoms with E-state index < -0.39 is 108 Å². The molecule has 2 aliphatic rings. The van der Waals surface area contributed by atoms with Crippen molar-refractivity contribution in [3.05, 3.63) is 12.2 Å². The van der Waals surface area contributed by atoms with E-state index in [4.69, 9.17) is 42.2 Å². The molecule has 2 amide bonds. The van der Waals surface area contributed by atoms with Crippen molar-refractivity contribution < 1.29 is 90.7 Å². The van der Waals surface area contributed by atoms with Crippen molar-refractivity contribution in [2.75, 3.05) is 40.6 Å². The van der Waals surface area contributed by atoms with Crippen LogP contribution in [0.2, 0.25) is 0 Å². The summed E-state index contributed by atoms with van der Waals surface area (Å²) < 4.78 is 79.2. The molecular weight excluding hydrogens is 1190 g/mol. The topological polar surface area (TPSA) is 297 Å². The number of ether oxygens (including phenoxy) is 7. The molecule has 2 unspecified atom stereocenters. The van der Waals surface area contributed by atoms with E-state index in [0.29, 0.717) is 25.7 Å². The van der Waals surface area contributed by atoms with Crippen LogP contribution in [0.25, 0.3) is 0 Å². The number of aliphatic hydroxyl groups excluding tert-OH is 2. The average molecular weight is 1320 g/mol. The number of phosphoric ester groups is 2. The molecule has 526 valence electrons. The summed E-state index contributed by atoms with van der Waals surface area (Å²) in [4.78, 5) is 69.3. The standard InChI is InChI=1S/C66H128N2O19P2/c1-7-11-15-19-22-25-26-27-28-29-30-32-34-38-42-46-57(70)67-60-64(82-49-47-53(69)44-40-36-18-14-10-4)62(86-88(73,74)75)56(51-79-5)85-65(60)83-52-55-61(72)63(81-48-43-39-35-24-21-17-13-9-3)59(66(84-55)87-89(76,77)78)68-58(71)50-54(80-6)45-41-37-33-31-23-20-16-12-8-2/h25-26,53-56,59-66,69,72H,7-24,27-52H2,1-6H3,(H,67,70)(H,68,71)(H2,73,74,75)(H2,76,77,78)/t53?,54?,55-,56-,59-,60-,61-,62-,63-,64-,65-,66-/m1/s1. The smallest absolute Gasteiger partial charge is 0.393 e. The van der Waals surface area contributed by atoms with E-state index in [1.54, 1.807) is 0 Å². The normalized spacial score (nSPS) is 23.3. The number of allylic oxidation sites excluding steroid dienone is 2. The molecule has 2 aliphatic heterocycles. The van der Waals surface area contributed by atoms with Crippen LogP contribution in [-0.2, 0) is 60.9 Å². The van der Waals surface area contributed by atoms with E-state index >= 15 is 0 Å². The zero-order valence-corrected chi connectivity index (χ0v) is 57.9. The number of rotatable bonds is 59. The Hall–Kier alpha value is -1.46. The summed E-state index contributed by atoms with van der Waals surface area (Å²) in [5.41, 5.74) is 0. The minimum absolute atomic E-state index is 0.0858. The third-order valence-corrected chi connectivity index (χ3v) is 18.0. The lowest BCUT2D eigenvalue weighted by Gasteiger charge is -2.47. The maximum atomic E-state index is 14.1. The number of aliphatic hydroxyl groups is 2. The molecule has 0 radical (unpaired) electrons. The maximum absolute atomic E-state index is 14.1. The Kier molecular flexibility index (Phi) is 49.6. The molecule has 0 spiro atoms. The molecule has 2 saturated heterocycles. The number of carbonyl (C=O) groups is 2. The molecule has 21 nitrogen and oxygen atoms in total. The minimum Gasteiger partial charge on any atom is -0.393 e. The van der Waals surface area contributed by atoms with Crippen molar-refractivity contribution in [2.24, 2.45) is 0 Å². The maximum Gasteiger partial charge on any atom is 0.472 e. The van der Waals surface area contributed by atoms with Crippen molar-refractivity contribution in [1.82, 2.24) is 10.6 Å². The van der Waals surface area contributed by atoms with E-state index in [1.807, 2.05) is 0 Å². The first kappa shape index (κ1) is 83.6. The van der Waals surface area contributed by atoms with Crippen molar-refractivity contribution in [3.63, 3.8) is 0 Å². The van der Waals surface area contributed by atoms with Gasteiger partial charge in [0.25, 0.3) is 0 Å². The van der Waals surface area contributed by atoms with Crippen molar-refractivity contribution in [1.29, 1.82) is 0 Å². The lowest BCUT2D eigenvalue weighted by molar-refractivity contribution is -0.301. The number of methoxy groups -OCH3 is 2. The molecule has 8 N–H and O–H groups in total. The van der Waals surface area contributed by atoms with Gasteiger partial charge in [-0.2, -0.15) is 0 Å². The lowest BCUT2D eigenvalue weighted by atomic mass is 9.95. The quantitative estimate of drug-likeness (QED) is 0.0159. The third kappa shape index (κ3) is 41.2. The van der Waals surface area contributed by atoms with Crippen molar-refractivity contribution in [3.8, 4) is 0 Å². The fourth-order valence-corrected chi connectivity index (χ4v) is 12.8. The second-order valence-electron chi connectivity index (χ2n) is 25.0. The van der Waals surface area contributed by atoms with Gasteiger partial charge in [-0.3, -0.25) is 18.6 Å². The Labute approximate surface area is 537 Å². The Balaban J connectivity index is 2.45. The van der Waals surface area contributed by atoms with Gasteiger partial charge in [0.2, 0.25) is 11.8 Å². The second-order valence-corrected chi connectivity index (χ2v) is 27.4. The summed E-state index contributed by atoms with van der Waals surface area (Å²) in [6.07, 6.45) is 29.5.